The average molecular weight is 625 g/mol. The van der Waals surface area contributed by atoms with E-state index in [4.69, 9.17) is 19.4 Å². The molecule has 0 bridgehead atoms. The van der Waals surface area contributed by atoms with Crippen molar-refractivity contribution in [2.45, 2.75) is 25.2 Å². The number of carboxylic acid groups (broad SMARTS) is 1. The van der Waals surface area contributed by atoms with E-state index in [0.29, 0.717) is 44.8 Å². The van der Waals surface area contributed by atoms with Gasteiger partial charge < -0.3 is 25.2 Å². The SMILES string of the molecule is C=CCCCOc1cc(C(=O)NCC(F)(F)F)ccc1-n1cc(C(=O)NCCN2CCOCC2)nn1.O=C(O)C(F)(F)F. The molecule has 1 aromatic heterocycles. The number of carbonyl (C=O) groups excluding carboxylic acids is 2. The largest absolute Gasteiger partial charge is 0.491 e. The topological polar surface area (TPSA) is 148 Å². The predicted octanol–water partition coefficient (Wildman–Crippen LogP) is 2.60. The van der Waals surface area contributed by atoms with Gasteiger partial charge in [-0.2, -0.15) is 26.3 Å². The van der Waals surface area contributed by atoms with Crippen molar-refractivity contribution < 1.29 is 55.3 Å². The van der Waals surface area contributed by atoms with Gasteiger partial charge in [-0.25, -0.2) is 9.48 Å². The number of carboxylic acids is 1. The molecule has 0 unspecified atom stereocenters. The fraction of sp³-hybridized carbons (Fsp3) is 0.480. The lowest BCUT2D eigenvalue weighted by molar-refractivity contribution is -0.192. The van der Waals surface area contributed by atoms with Crippen LogP contribution >= 0.6 is 0 Å². The second-order valence-electron chi connectivity index (χ2n) is 8.82. The van der Waals surface area contributed by atoms with Crippen LogP contribution < -0.4 is 15.4 Å². The first kappa shape index (κ1) is 35.0. The zero-order valence-corrected chi connectivity index (χ0v) is 22.7. The molecule has 0 saturated carbocycles. The number of halogens is 6. The highest BCUT2D eigenvalue weighted by Crippen LogP contribution is 2.25. The summed E-state index contributed by atoms with van der Waals surface area (Å²) < 4.78 is 81.5. The van der Waals surface area contributed by atoms with Crippen molar-refractivity contribution in [3.8, 4) is 11.4 Å². The molecule has 0 aliphatic carbocycles. The molecule has 0 radical (unpaired) electrons. The van der Waals surface area contributed by atoms with Gasteiger partial charge in [-0.15, -0.1) is 11.7 Å². The normalized spacial score (nSPS) is 13.8. The maximum atomic E-state index is 12.5. The lowest BCUT2D eigenvalue weighted by Crippen LogP contribution is -2.41. The Morgan fingerprint density at radius 1 is 1.09 bits per heavy atom. The van der Waals surface area contributed by atoms with Crippen molar-refractivity contribution >= 4 is 17.8 Å². The van der Waals surface area contributed by atoms with Gasteiger partial charge in [-0.3, -0.25) is 14.5 Å². The molecule has 43 heavy (non-hydrogen) atoms. The second kappa shape index (κ2) is 16.4. The van der Waals surface area contributed by atoms with Crippen LogP contribution in [0.4, 0.5) is 26.3 Å². The van der Waals surface area contributed by atoms with E-state index in [9.17, 15) is 35.9 Å². The Morgan fingerprint density at radius 3 is 2.37 bits per heavy atom. The monoisotopic (exact) mass is 624 g/mol. The minimum Gasteiger partial charge on any atom is -0.491 e. The third-order valence-electron chi connectivity index (χ3n) is 5.51. The fourth-order valence-electron chi connectivity index (χ4n) is 3.38. The Bertz CT molecular complexity index is 1230. The molecule has 1 aliphatic heterocycles. The number of ether oxygens (including phenoxy) is 2. The molecule has 1 aliphatic rings. The zero-order valence-electron chi connectivity index (χ0n) is 22.7. The van der Waals surface area contributed by atoms with E-state index in [1.807, 2.05) is 5.32 Å². The Balaban J connectivity index is 0.000000821. The van der Waals surface area contributed by atoms with Crippen molar-refractivity contribution in [3.05, 3.63) is 48.3 Å². The molecule has 12 nitrogen and oxygen atoms in total. The summed E-state index contributed by atoms with van der Waals surface area (Å²) in [4.78, 5) is 35.8. The molecule has 2 amide bonds. The van der Waals surface area contributed by atoms with Crippen LogP contribution in [0, 0.1) is 0 Å². The molecule has 0 atom stereocenters. The third-order valence-corrected chi connectivity index (χ3v) is 5.51. The smallest absolute Gasteiger partial charge is 0.490 e. The number of aliphatic carboxylic acids is 1. The van der Waals surface area contributed by atoms with E-state index < -0.39 is 36.7 Å². The lowest BCUT2D eigenvalue weighted by atomic mass is 10.1. The lowest BCUT2D eigenvalue weighted by Gasteiger charge is -2.26. The quantitative estimate of drug-likeness (QED) is 0.184. The first-order valence-corrected chi connectivity index (χ1v) is 12.7. The summed E-state index contributed by atoms with van der Waals surface area (Å²) in [7, 11) is 0. The van der Waals surface area contributed by atoms with Gasteiger partial charge in [0.2, 0.25) is 0 Å². The van der Waals surface area contributed by atoms with Gasteiger partial charge in [0.05, 0.1) is 26.0 Å². The van der Waals surface area contributed by atoms with Crippen molar-refractivity contribution in [1.29, 1.82) is 0 Å². The number of nitrogens with one attached hydrogen (secondary N) is 2. The fourth-order valence-corrected chi connectivity index (χ4v) is 3.38. The number of nitrogens with zero attached hydrogens (tertiary/aromatic N) is 4. The first-order chi connectivity index (χ1) is 20.2. The van der Waals surface area contributed by atoms with Crippen LogP contribution in [0.3, 0.4) is 0 Å². The third kappa shape index (κ3) is 12.7. The number of carbonyl (C=O) groups is 3. The number of amides is 2. The van der Waals surface area contributed by atoms with Crippen molar-refractivity contribution in [2.24, 2.45) is 0 Å². The average Bonchev–Trinajstić information content (AvgIpc) is 3.44. The van der Waals surface area contributed by atoms with Gasteiger partial charge in [0.15, 0.2) is 5.69 Å². The zero-order chi connectivity index (χ0) is 32.0. The first-order valence-electron chi connectivity index (χ1n) is 12.7. The second-order valence-corrected chi connectivity index (χ2v) is 8.82. The highest BCUT2D eigenvalue weighted by atomic mass is 19.4. The maximum Gasteiger partial charge on any atom is 0.490 e. The minimum absolute atomic E-state index is 0.0112. The molecule has 1 saturated heterocycles. The molecule has 3 N–H and O–H groups in total. The van der Waals surface area contributed by atoms with Crippen LogP contribution in [0.2, 0.25) is 0 Å². The number of rotatable bonds is 12. The molecular formula is C25H30F6N6O6. The van der Waals surface area contributed by atoms with Gasteiger partial charge in [0.25, 0.3) is 11.8 Å². The van der Waals surface area contributed by atoms with Crippen LogP contribution in [0.5, 0.6) is 5.75 Å². The van der Waals surface area contributed by atoms with Gasteiger partial charge >= 0.3 is 18.3 Å². The maximum absolute atomic E-state index is 12.5. The standard InChI is InChI=1S/C23H29F3N6O4.C2HF3O2/c1-2-3-4-11-36-20-14-17(21(33)28-16-23(24,25)26)5-6-19(20)32-15-18(29-30-32)22(34)27-7-8-31-9-12-35-13-10-31;3-2(4,5)1(6)7/h2,5-6,14-15H,1,3-4,7-13,16H2,(H,27,34)(H,28,33);(H,6,7). The number of alkyl halides is 6. The van der Waals surface area contributed by atoms with E-state index in [2.05, 4.69) is 27.1 Å². The summed E-state index contributed by atoms with van der Waals surface area (Å²) in [6.45, 7) is 6.55. The van der Waals surface area contributed by atoms with Crippen molar-refractivity contribution in [3.63, 3.8) is 0 Å². The van der Waals surface area contributed by atoms with Crippen LogP contribution in [0.15, 0.2) is 37.1 Å². The van der Waals surface area contributed by atoms with Gasteiger partial charge in [-0.05, 0) is 31.0 Å². The molecule has 18 heteroatoms. The Hall–Kier alpha value is -4.19. The van der Waals surface area contributed by atoms with E-state index in [1.54, 1.807) is 6.08 Å². The molecule has 2 aromatic rings. The predicted molar refractivity (Wildman–Crippen MR) is 138 cm³/mol. The number of hydrogen-bond donors (Lipinski definition) is 3. The van der Waals surface area contributed by atoms with Gasteiger partial charge in [0, 0.05) is 31.7 Å². The number of aromatic nitrogens is 3. The summed E-state index contributed by atoms with van der Waals surface area (Å²) in [6, 6.07) is 4.15. The van der Waals surface area contributed by atoms with Gasteiger partial charge in [-0.1, -0.05) is 11.3 Å². The Morgan fingerprint density at radius 2 is 1.77 bits per heavy atom. The Kier molecular flexibility index (Phi) is 13.4. The highest BCUT2D eigenvalue weighted by molar-refractivity contribution is 5.95. The van der Waals surface area contributed by atoms with Crippen molar-refractivity contribution in [1.82, 2.24) is 30.5 Å². The molecule has 2 heterocycles. The minimum atomic E-state index is -5.08. The summed E-state index contributed by atoms with van der Waals surface area (Å²) in [5.41, 5.74) is 0.449. The molecule has 1 aromatic carbocycles. The van der Waals surface area contributed by atoms with Crippen LogP contribution in [0.1, 0.15) is 33.7 Å². The van der Waals surface area contributed by atoms with Crippen LogP contribution in [-0.2, 0) is 9.53 Å². The molecular weight excluding hydrogens is 594 g/mol. The summed E-state index contributed by atoms with van der Waals surface area (Å²) in [6.07, 6.45) is -5.13. The molecule has 238 valence electrons. The molecule has 0 spiro atoms. The number of benzene rings is 1. The summed E-state index contributed by atoms with van der Waals surface area (Å²) in [5, 5.41) is 19.7. The van der Waals surface area contributed by atoms with E-state index in [1.165, 1.54) is 29.1 Å². The highest BCUT2D eigenvalue weighted by Gasteiger charge is 2.38. The van der Waals surface area contributed by atoms with E-state index >= 15 is 0 Å². The van der Waals surface area contributed by atoms with Gasteiger partial charge in [0.1, 0.15) is 18.0 Å². The summed E-state index contributed by atoms with van der Waals surface area (Å²) in [5.74, 6) is -3.84. The van der Waals surface area contributed by atoms with Crippen molar-refractivity contribution in [2.75, 3.05) is 52.5 Å². The number of unbranched alkanes of at least 4 members (excludes halogenated alkanes) is 1. The number of morpholine rings is 1. The van der Waals surface area contributed by atoms with E-state index in [0.717, 1.165) is 13.1 Å². The summed E-state index contributed by atoms with van der Waals surface area (Å²) >= 11 is 0. The molecule has 3 rings (SSSR count). The van der Waals surface area contributed by atoms with E-state index in [-0.39, 0.29) is 23.6 Å². The van der Waals surface area contributed by atoms with Crippen LogP contribution in [-0.4, -0.2) is 108 Å². The number of allylic oxidation sites excluding steroid dienone is 1. The number of hydrogen-bond acceptors (Lipinski definition) is 8. The Labute approximate surface area is 241 Å². The van der Waals surface area contributed by atoms with Crippen LogP contribution in [0.25, 0.3) is 5.69 Å². The molecule has 1 fully saturated rings.